The highest BCUT2D eigenvalue weighted by Crippen LogP contribution is 2.17. The molecule has 12 heavy (non-hydrogen) atoms. The number of hydrogen-bond acceptors (Lipinski definition) is 2. The van der Waals surface area contributed by atoms with Crippen LogP contribution in [0.2, 0.25) is 0 Å². The SMILES string of the molecule is CC(C)CC1CCC(CN)CN1. The van der Waals surface area contributed by atoms with E-state index in [1.807, 2.05) is 0 Å². The van der Waals surface area contributed by atoms with Gasteiger partial charge in [-0.3, -0.25) is 0 Å². The minimum absolute atomic E-state index is 0.730. The molecule has 0 aliphatic carbocycles. The first-order valence-electron chi connectivity index (χ1n) is 5.15. The van der Waals surface area contributed by atoms with E-state index in [2.05, 4.69) is 19.2 Å². The minimum Gasteiger partial charge on any atom is -0.330 e. The zero-order valence-corrected chi connectivity index (χ0v) is 8.34. The van der Waals surface area contributed by atoms with Crippen molar-refractivity contribution in [3.8, 4) is 0 Å². The molecule has 2 nitrogen and oxygen atoms in total. The van der Waals surface area contributed by atoms with Crippen molar-refractivity contribution in [3.05, 3.63) is 0 Å². The second-order valence-electron chi connectivity index (χ2n) is 4.41. The molecule has 0 saturated carbocycles. The van der Waals surface area contributed by atoms with Crippen LogP contribution in [0.4, 0.5) is 0 Å². The highest BCUT2D eigenvalue weighted by atomic mass is 14.9. The van der Waals surface area contributed by atoms with Gasteiger partial charge >= 0.3 is 0 Å². The molecule has 0 spiro atoms. The van der Waals surface area contributed by atoms with Gasteiger partial charge in [-0.2, -0.15) is 0 Å². The van der Waals surface area contributed by atoms with Crippen LogP contribution in [-0.2, 0) is 0 Å². The zero-order chi connectivity index (χ0) is 8.97. The predicted molar refractivity (Wildman–Crippen MR) is 53.0 cm³/mol. The van der Waals surface area contributed by atoms with Crippen molar-refractivity contribution in [2.45, 2.75) is 39.2 Å². The summed E-state index contributed by atoms with van der Waals surface area (Å²) < 4.78 is 0. The smallest absolute Gasteiger partial charge is 0.00697 e. The molecule has 0 aromatic heterocycles. The van der Waals surface area contributed by atoms with Crippen LogP contribution >= 0.6 is 0 Å². The largest absolute Gasteiger partial charge is 0.330 e. The van der Waals surface area contributed by atoms with Crippen LogP contribution in [0.25, 0.3) is 0 Å². The summed E-state index contributed by atoms with van der Waals surface area (Å²) >= 11 is 0. The lowest BCUT2D eigenvalue weighted by Crippen LogP contribution is -2.41. The van der Waals surface area contributed by atoms with Crippen LogP contribution in [0.3, 0.4) is 0 Å². The van der Waals surface area contributed by atoms with Gasteiger partial charge in [0, 0.05) is 6.04 Å². The van der Waals surface area contributed by atoms with E-state index in [1.54, 1.807) is 0 Å². The lowest BCUT2D eigenvalue weighted by Gasteiger charge is -2.30. The van der Waals surface area contributed by atoms with E-state index in [1.165, 1.54) is 19.3 Å². The maximum atomic E-state index is 5.61. The van der Waals surface area contributed by atoms with Gasteiger partial charge in [-0.1, -0.05) is 13.8 Å². The lowest BCUT2D eigenvalue weighted by atomic mass is 9.90. The van der Waals surface area contributed by atoms with Crippen molar-refractivity contribution in [2.24, 2.45) is 17.6 Å². The van der Waals surface area contributed by atoms with Crippen LogP contribution in [0, 0.1) is 11.8 Å². The molecule has 0 aromatic carbocycles. The Morgan fingerprint density at radius 2 is 2.17 bits per heavy atom. The van der Waals surface area contributed by atoms with E-state index in [0.717, 1.165) is 31.0 Å². The molecule has 1 heterocycles. The Morgan fingerprint density at radius 1 is 1.42 bits per heavy atom. The Kier molecular flexibility index (Phi) is 4.02. The number of hydrogen-bond donors (Lipinski definition) is 2. The fraction of sp³-hybridized carbons (Fsp3) is 1.00. The predicted octanol–water partition coefficient (Wildman–Crippen LogP) is 1.36. The maximum absolute atomic E-state index is 5.61. The topological polar surface area (TPSA) is 38.0 Å². The van der Waals surface area contributed by atoms with E-state index in [9.17, 15) is 0 Å². The third-order valence-corrected chi connectivity index (χ3v) is 2.71. The second-order valence-corrected chi connectivity index (χ2v) is 4.41. The summed E-state index contributed by atoms with van der Waals surface area (Å²) in [5.74, 6) is 1.55. The Morgan fingerprint density at radius 3 is 2.58 bits per heavy atom. The first-order chi connectivity index (χ1) is 5.72. The first-order valence-corrected chi connectivity index (χ1v) is 5.15. The van der Waals surface area contributed by atoms with Crippen molar-refractivity contribution < 1.29 is 0 Å². The monoisotopic (exact) mass is 170 g/mol. The van der Waals surface area contributed by atoms with E-state index in [0.29, 0.717) is 0 Å². The zero-order valence-electron chi connectivity index (χ0n) is 8.34. The van der Waals surface area contributed by atoms with Gasteiger partial charge in [0.25, 0.3) is 0 Å². The van der Waals surface area contributed by atoms with E-state index in [4.69, 9.17) is 5.73 Å². The Hall–Kier alpha value is -0.0800. The molecule has 72 valence electrons. The van der Waals surface area contributed by atoms with E-state index < -0.39 is 0 Å². The molecule has 0 aromatic rings. The quantitative estimate of drug-likeness (QED) is 0.671. The molecule has 1 rings (SSSR count). The van der Waals surface area contributed by atoms with Crippen LogP contribution < -0.4 is 11.1 Å². The fourth-order valence-electron chi connectivity index (χ4n) is 1.95. The average molecular weight is 170 g/mol. The van der Waals surface area contributed by atoms with Gasteiger partial charge in [-0.25, -0.2) is 0 Å². The summed E-state index contributed by atoms with van der Waals surface area (Å²) in [6, 6.07) is 0.757. The molecule has 1 saturated heterocycles. The summed E-state index contributed by atoms with van der Waals surface area (Å²) in [5, 5.41) is 3.57. The molecule has 2 atom stereocenters. The van der Waals surface area contributed by atoms with Gasteiger partial charge in [0.1, 0.15) is 0 Å². The maximum Gasteiger partial charge on any atom is 0.00697 e. The van der Waals surface area contributed by atoms with Gasteiger partial charge in [0.15, 0.2) is 0 Å². The number of nitrogens with one attached hydrogen (secondary N) is 1. The highest BCUT2D eigenvalue weighted by Gasteiger charge is 2.19. The summed E-state index contributed by atoms with van der Waals surface area (Å²) in [6.45, 7) is 6.56. The number of rotatable bonds is 3. The van der Waals surface area contributed by atoms with E-state index >= 15 is 0 Å². The van der Waals surface area contributed by atoms with E-state index in [-0.39, 0.29) is 0 Å². The normalized spacial score (nSPS) is 31.0. The molecular weight excluding hydrogens is 148 g/mol. The fourth-order valence-corrected chi connectivity index (χ4v) is 1.95. The minimum atomic E-state index is 0.730. The van der Waals surface area contributed by atoms with Crippen molar-refractivity contribution >= 4 is 0 Å². The Labute approximate surface area is 75.9 Å². The first kappa shape index (κ1) is 10.0. The van der Waals surface area contributed by atoms with Crippen LogP contribution in [-0.4, -0.2) is 19.1 Å². The Balaban J connectivity index is 2.17. The number of nitrogens with two attached hydrogens (primary N) is 1. The van der Waals surface area contributed by atoms with Crippen molar-refractivity contribution in [1.29, 1.82) is 0 Å². The molecule has 1 fully saturated rings. The molecule has 0 amide bonds. The number of piperidine rings is 1. The van der Waals surface area contributed by atoms with Gasteiger partial charge in [0.05, 0.1) is 0 Å². The van der Waals surface area contributed by atoms with Gasteiger partial charge < -0.3 is 11.1 Å². The summed E-state index contributed by atoms with van der Waals surface area (Å²) in [6.07, 6.45) is 3.96. The summed E-state index contributed by atoms with van der Waals surface area (Å²) in [7, 11) is 0. The molecule has 3 N–H and O–H groups in total. The molecule has 0 bridgehead atoms. The highest BCUT2D eigenvalue weighted by molar-refractivity contribution is 4.78. The molecule has 1 aliphatic heterocycles. The van der Waals surface area contributed by atoms with Crippen LogP contribution in [0.15, 0.2) is 0 Å². The summed E-state index contributed by atoms with van der Waals surface area (Å²) in [5.41, 5.74) is 5.61. The van der Waals surface area contributed by atoms with Gasteiger partial charge in [-0.15, -0.1) is 0 Å². The molecule has 0 radical (unpaired) electrons. The van der Waals surface area contributed by atoms with Crippen LogP contribution in [0.5, 0.6) is 0 Å². The van der Waals surface area contributed by atoms with Gasteiger partial charge in [-0.05, 0) is 44.2 Å². The van der Waals surface area contributed by atoms with Crippen molar-refractivity contribution in [2.75, 3.05) is 13.1 Å². The third kappa shape index (κ3) is 3.11. The molecule has 2 heteroatoms. The lowest BCUT2D eigenvalue weighted by molar-refractivity contribution is 0.286. The summed E-state index contributed by atoms with van der Waals surface area (Å²) in [4.78, 5) is 0. The van der Waals surface area contributed by atoms with Crippen molar-refractivity contribution in [1.82, 2.24) is 5.32 Å². The average Bonchev–Trinajstić information content (AvgIpc) is 2.05. The molecular formula is C10H22N2. The Bertz CT molecular complexity index is 115. The second kappa shape index (κ2) is 4.83. The van der Waals surface area contributed by atoms with Crippen molar-refractivity contribution in [3.63, 3.8) is 0 Å². The third-order valence-electron chi connectivity index (χ3n) is 2.71. The van der Waals surface area contributed by atoms with Gasteiger partial charge in [0.2, 0.25) is 0 Å². The van der Waals surface area contributed by atoms with Crippen LogP contribution in [0.1, 0.15) is 33.1 Å². The molecule has 1 aliphatic rings. The molecule has 2 unspecified atom stereocenters. The standard InChI is InChI=1S/C10H22N2/c1-8(2)5-10-4-3-9(6-11)7-12-10/h8-10,12H,3-7,11H2,1-2H3.